The van der Waals surface area contributed by atoms with Crippen molar-refractivity contribution in [1.29, 1.82) is 5.26 Å². The minimum Gasteiger partial charge on any atom is -0.366 e. The molecule has 1 aromatic rings. The number of hydrogen-bond donors (Lipinski definition) is 2. The summed E-state index contributed by atoms with van der Waals surface area (Å²) >= 11 is 0. The van der Waals surface area contributed by atoms with Crippen molar-refractivity contribution in [3.05, 3.63) is 23.9 Å². The summed E-state index contributed by atoms with van der Waals surface area (Å²) in [6.45, 7) is 0.614. The van der Waals surface area contributed by atoms with Crippen LogP contribution in [0.3, 0.4) is 0 Å². The van der Waals surface area contributed by atoms with E-state index in [-0.39, 0.29) is 6.04 Å². The highest BCUT2D eigenvalue weighted by molar-refractivity contribution is 5.39. The van der Waals surface area contributed by atoms with Gasteiger partial charge in [0.1, 0.15) is 17.6 Å². The fourth-order valence-corrected chi connectivity index (χ4v) is 2.67. The Morgan fingerprint density at radius 1 is 1.39 bits per heavy atom. The lowest BCUT2D eigenvalue weighted by Gasteiger charge is -2.30. The zero-order valence-corrected chi connectivity index (χ0v) is 10.6. The summed E-state index contributed by atoms with van der Waals surface area (Å²) in [6.07, 6.45) is 6.43. The second kappa shape index (κ2) is 6.36. The van der Waals surface area contributed by atoms with Crippen molar-refractivity contribution in [3.8, 4) is 6.07 Å². The lowest BCUT2D eigenvalue weighted by molar-refractivity contribution is 0.320. The van der Waals surface area contributed by atoms with E-state index >= 15 is 0 Å². The summed E-state index contributed by atoms with van der Waals surface area (Å²) in [4.78, 5) is 4.25. The van der Waals surface area contributed by atoms with Crippen LogP contribution in [-0.2, 0) is 0 Å². The Hall–Kier alpha value is -1.60. The third kappa shape index (κ3) is 3.21. The van der Waals surface area contributed by atoms with Crippen molar-refractivity contribution >= 4 is 5.82 Å². The van der Waals surface area contributed by atoms with E-state index in [1.807, 2.05) is 12.1 Å². The SMILES string of the molecule is N#Cc1cccc(NC(CN)C2CCCCC2)n1. The second-order valence-electron chi connectivity index (χ2n) is 4.90. The number of rotatable bonds is 4. The largest absolute Gasteiger partial charge is 0.366 e. The van der Waals surface area contributed by atoms with Crippen LogP contribution in [0.4, 0.5) is 5.82 Å². The molecule has 0 bridgehead atoms. The highest BCUT2D eigenvalue weighted by atomic mass is 15.0. The van der Waals surface area contributed by atoms with Gasteiger partial charge in [-0.1, -0.05) is 25.3 Å². The second-order valence-corrected chi connectivity index (χ2v) is 4.90. The molecular weight excluding hydrogens is 224 g/mol. The number of pyridine rings is 1. The van der Waals surface area contributed by atoms with E-state index in [0.29, 0.717) is 18.2 Å². The first-order valence-corrected chi connectivity index (χ1v) is 6.67. The van der Waals surface area contributed by atoms with Crippen LogP contribution in [0.2, 0.25) is 0 Å². The van der Waals surface area contributed by atoms with Gasteiger partial charge in [0, 0.05) is 12.6 Å². The lowest BCUT2D eigenvalue weighted by atomic mass is 9.84. The maximum Gasteiger partial charge on any atom is 0.142 e. The first-order valence-electron chi connectivity index (χ1n) is 6.67. The smallest absolute Gasteiger partial charge is 0.142 e. The Morgan fingerprint density at radius 3 is 2.83 bits per heavy atom. The topological polar surface area (TPSA) is 74.7 Å². The Kier molecular flexibility index (Phi) is 4.54. The van der Waals surface area contributed by atoms with E-state index in [0.717, 1.165) is 5.82 Å². The monoisotopic (exact) mass is 244 g/mol. The van der Waals surface area contributed by atoms with Gasteiger partial charge in [0.2, 0.25) is 0 Å². The van der Waals surface area contributed by atoms with Gasteiger partial charge in [-0.05, 0) is 30.9 Å². The van der Waals surface area contributed by atoms with E-state index in [2.05, 4.69) is 16.4 Å². The Morgan fingerprint density at radius 2 is 2.17 bits per heavy atom. The minimum absolute atomic E-state index is 0.270. The lowest BCUT2D eigenvalue weighted by Crippen LogP contribution is -2.37. The van der Waals surface area contributed by atoms with Gasteiger partial charge >= 0.3 is 0 Å². The van der Waals surface area contributed by atoms with E-state index in [9.17, 15) is 0 Å². The summed E-state index contributed by atoms with van der Waals surface area (Å²) in [7, 11) is 0. The number of aromatic nitrogens is 1. The summed E-state index contributed by atoms with van der Waals surface area (Å²) < 4.78 is 0. The molecule has 18 heavy (non-hydrogen) atoms. The molecule has 3 N–H and O–H groups in total. The zero-order valence-electron chi connectivity index (χ0n) is 10.6. The predicted molar refractivity (Wildman–Crippen MR) is 72.0 cm³/mol. The van der Waals surface area contributed by atoms with Crippen LogP contribution in [0.1, 0.15) is 37.8 Å². The average molecular weight is 244 g/mol. The summed E-state index contributed by atoms with van der Waals surface area (Å²) in [5.41, 5.74) is 6.31. The van der Waals surface area contributed by atoms with Crippen molar-refractivity contribution in [1.82, 2.24) is 4.98 Å². The maximum absolute atomic E-state index is 8.84. The van der Waals surface area contributed by atoms with Crippen LogP contribution >= 0.6 is 0 Å². The number of nitriles is 1. The predicted octanol–water partition coefficient (Wildman–Crippen LogP) is 2.27. The highest BCUT2D eigenvalue weighted by Crippen LogP contribution is 2.27. The van der Waals surface area contributed by atoms with Gasteiger partial charge in [-0.25, -0.2) is 4.98 Å². The molecule has 0 saturated heterocycles. The molecule has 1 saturated carbocycles. The molecule has 1 fully saturated rings. The molecule has 0 spiro atoms. The van der Waals surface area contributed by atoms with Crippen molar-refractivity contribution in [2.75, 3.05) is 11.9 Å². The van der Waals surface area contributed by atoms with E-state index < -0.39 is 0 Å². The standard InChI is InChI=1S/C14H20N4/c15-9-12-7-4-8-14(17-12)18-13(10-16)11-5-2-1-3-6-11/h4,7-8,11,13H,1-3,5-6,10,16H2,(H,17,18). The molecular formula is C14H20N4. The molecule has 1 atom stereocenters. The van der Waals surface area contributed by atoms with Gasteiger partial charge in [0.25, 0.3) is 0 Å². The summed E-state index contributed by atoms with van der Waals surface area (Å²) in [5.74, 6) is 1.39. The van der Waals surface area contributed by atoms with E-state index in [4.69, 9.17) is 11.0 Å². The molecule has 1 heterocycles. The molecule has 4 nitrogen and oxygen atoms in total. The number of anilines is 1. The fraction of sp³-hybridized carbons (Fsp3) is 0.571. The van der Waals surface area contributed by atoms with Crippen molar-refractivity contribution < 1.29 is 0 Å². The Bertz CT molecular complexity index is 418. The van der Waals surface area contributed by atoms with Crippen LogP contribution in [0, 0.1) is 17.2 Å². The quantitative estimate of drug-likeness (QED) is 0.852. The number of nitrogens with one attached hydrogen (secondary N) is 1. The summed E-state index contributed by atoms with van der Waals surface area (Å²) in [5, 5.41) is 12.2. The van der Waals surface area contributed by atoms with Gasteiger partial charge in [-0.2, -0.15) is 5.26 Å². The Balaban J connectivity index is 2.02. The van der Waals surface area contributed by atoms with Crippen LogP contribution in [0.15, 0.2) is 18.2 Å². The third-order valence-corrected chi connectivity index (χ3v) is 3.67. The van der Waals surface area contributed by atoms with Gasteiger partial charge < -0.3 is 11.1 Å². The number of nitrogens with zero attached hydrogens (tertiary/aromatic N) is 2. The highest BCUT2D eigenvalue weighted by Gasteiger charge is 2.22. The van der Waals surface area contributed by atoms with Crippen LogP contribution in [0.25, 0.3) is 0 Å². The summed E-state index contributed by atoms with van der Waals surface area (Å²) in [6, 6.07) is 7.78. The van der Waals surface area contributed by atoms with Gasteiger partial charge in [-0.15, -0.1) is 0 Å². The van der Waals surface area contributed by atoms with Gasteiger partial charge in [0.05, 0.1) is 0 Å². The first-order chi connectivity index (χ1) is 8.83. The molecule has 4 heteroatoms. The van der Waals surface area contributed by atoms with Gasteiger partial charge in [0.15, 0.2) is 0 Å². The number of hydrogen-bond acceptors (Lipinski definition) is 4. The molecule has 1 unspecified atom stereocenters. The molecule has 1 aliphatic rings. The van der Waals surface area contributed by atoms with Crippen LogP contribution in [0.5, 0.6) is 0 Å². The molecule has 1 aliphatic carbocycles. The minimum atomic E-state index is 0.270. The molecule has 2 rings (SSSR count). The molecule has 0 amide bonds. The first kappa shape index (κ1) is 12.8. The molecule has 96 valence electrons. The molecule has 0 aromatic carbocycles. The van der Waals surface area contributed by atoms with E-state index in [1.54, 1.807) is 6.07 Å². The third-order valence-electron chi connectivity index (χ3n) is 3.67. The zero-order chi connectivity index (χ0) is 12.8. The number of nitrogens with two attached hydrogens (primary N) is 1. The molecule has 1 aromatic heterocycles. The van der Waals surface area contributed by atoms with Crippen molar-refractivity contribution in [3.63, 3.8) is 0 Å². The van der Waals surface area contributed by atoms with E-state index in [1.165, 1.54) is 32.1 Å². The maximum atomic E-state index is 8.84. The molecule has 0 radical (unpaired) electrons. The normalized spacial score (nSPS) is 18.0. The molecule has 0 aliphatic heterocycles. The Labute approximate surface area is 108 Å². The van der Waals surface area contributed by atoms with Crippen molar-refractivity contribution in [2.24, 2.45) is 11.7 Å². The average Bonchev–Trinajstić information content (AvgIpc) is 2.46. The van der Waals surface area contributed by atoms with Gasteiger partial charge in [-0.3, -0.25) is 0 Å². The van der Waals surface area contributed by atoms with Crippen LogP contribution < -0.4 is 11.1 Å². The van der Waals surface area contributed by atoms with Crippen LogP contribution in [-0.4, -0.2) is 17.6 Å². The van der Waals surface area contributed by atoms with Crippen molar-refractivity contribution in [2.45, 2.75) is 38.1 Å². The fourth-order valence-electron chi connectivity index (χ4n) is 2.67.